The van der Waals surface area contributed by atoms with E-state index in [0.717, 1.165) is 0 Å². The van der Waals surface area contributed by atoms with Gasteiger partial charge in [-0.1, -0.05) is 0 Å². The molecular weight excluding hydrogens is 256 g/mol. The van der Waals surface area contributed by atoms with Crippen LogP contribution in [0.2, 0.25) is 0 Å². The number of carbonyl (C=O) groups is 2. The Morgan fingerprint density at radius 3 is 2.32 bits per heavy atom. The van der Waals surface area contributed by atoms with Crippen LogP contribution in [-0.4, -0.2) is 62.8 Å². The number of fused-ring (bicyclic) bond motifs is 1. The number of cyclic esters (lactones) is 1. The summed E-state index contributed by atoms with van der Waals surface area (Å²) < 4.78 is 21.0. The molecule has 0 bridgehead atoms. The lowest BCUT2D eigenvalue weighted by Crippen LogP contribution is -2.55. The molecule has 1 N–H and O–H groups in total. The average molecular weight is 274 g/mol. The van der Waals surface area contributed by atoms with E-state index in [9.17, 15) is 9.59 Å². The fraction of sp³-hybridized carbons (Fsp3) is 0.833. The zero-order valence-corrected chi connectivity index (χ0v) is 11.1. The van der Waals surface area contributed by atoms with Crippen molar-refractivity contribution in [1.82, 2.24) is 0 Å². The molecule has 0 radical (unpaired) electrons. The minimum atomic E-state index is -1.18. The van der Waals surface area contributed by atoms with Crippen LogP contribution in [-0.2, 0) is 28.5 Å². The van der Waals surface area contributed by atoms with Crippen LogP contribution in [0.3, 0.4) is 0 Å². The summed E-state index contributed by atoms with van der Waals surface area (Å²) >= 11 is 0. The molecule has 1 heterocycles. The summed E-state index contributed by atoms with van der Waals surface area (Å²) in [6.07, 6.45) is -2.11. The summed E-state index contributed by atoms with van der Waals surface area (Å²) in [7, 11) is 4.50. The summed E-state index contributed by atoms with van der Waals surface area (Å²) in [5.74, 6) is -2.74. The number of esters is 1. The topological polar surface area (TPSA) is 91.3 Å². The molecule has 0 aromatic heterocycles. The number of methoxy groups -OCH3 is 3. The second kappa shape index (κ2) is 5.44. The number of hydrogen-bond donors (Lipinski definition) is 1. The first-order chi connectivity index (χ1) is 9.04. The molecule has 1 aliphatic heterocycles. The lowest BCUT2D eigenvalue weighted by Gasteiger charge is -2.41. The van der Waals surface area contributed by atoms with Crippen molar-refractivity contribution >= 4 is 11.9 Å². The highest BCUT2D eigenvalue weighted by molar-refractivity contribution is 5.84. The van der Waals surface area contributed by atoms with Gasteiger partial charge in [0.15, 0.2) is 0 Å². The van der Waals surface area contributed by atoms with E-state index >= 15 is 0 Å². The molecule has 0 aromatic carbocycles. The van der Waals surface area contributed by atoms with Gasteiger partial charge in [0.25, 0.3) is 0 Å². The molecule has 108 valence electrons. The van der Waals surface area contributed by atoms with E-state index in [4.69, 9.17) is 24.1 Å². The number of hydrogen-bond acceptors (Lipinski definition) is 6. The molecule has 2 fully saturated rings. The molecule has 2 aliphatic rings. The maximum absolute atomic E-state index is 11.8. The molecular formula is C12H18O7. The normalized spacial score (nSPS) is 41.7. The van der Waals surface area contributed by atoms with Crippen LogP contribution in [0, 0.1) is 11.8 Å². The first kappa shape index (κ1) is 14.2. The highest BCUT2D eigenvalue weighted by Crippen LogP contribution is 2.43. The van der Waals surface area contributed by atoms with Crippen LogP contribution in [0.4, 0.5) is 0 Å². The number of rotatable bonds is 4. The quantitative estimate of drug-likeness (QED) is 0.702. The van der Waals surface area contributed by atoms with Crippen molar-refractivity contribution in [3.05, 3.63) is 0 Å². The smallest absolute Gasteiger partial charge is 0.345 e. The molecule has 2 rings (SSSR count). The van der Waals surface area contributed by atoms with E-state index in [0.29, 0.717) is 6.42 Å². The number of aliphatic carboxylic acids is 1. The summed E-state index contributed by atoms with van der Waals surface area (Å²) in [4.78, 5) is 23.0. The summed E-state index contributed by atoms with van der Waals surface area (Å²) in [6.45, 7) is 0. The minimum absolute atomic E-state index is 0.323. The van der Waals surface area contributed by atoms with E-state index < -0.39 is 42.1 Å². The Labute approximate surface area is 110 Å². The third-order valence-corrected chi connectivity index (χ3v) is 4.01. The molecule has 1 saturated carbocycles. The molecule has 7 heteroatoms. The van der Waals surface area contributed by atoms with E-state index in [1.807, 2.05) is 0 Å². The van der Waals surface area contributed by atoms with E-state index in [2.05, 4.69) is 0 Å². The van der Waals surface area contributed by atoms with Gasteiger partial charge in [0.2, 0.25) is 6.10 Å². The van der Waals surface area contributed by atoms with Crippen LogP contribution in [0.5, 0.6) is 0 Å². The molecule has 6 atom stereocenters. The van der Waals surface area contributed by atoms with Gasteiger partial charge in [0.05, 0.1) is 18.1 Å². The van der Waals surface area contributed by atoms with Gasteiger partial charge in [0, 0.05) is 27.2 Å². The number of ether oxygens (including phenoxy) is 4. The summed E-state index contributed by atoms with van der Waals surface area (Å²) in [5, 5.41) is 9.16. The molecule has 0 amide bonds. The molecule has 0 spiro atoms. The van der Waals surface area contributed by atoms with Gasteiger partial charge in [-0.2, -0.15) is 0 Å². The Morgan fingerprint density at radius 1 is 1.21 bits per heavy atom. The SMILES string of the molecule is CO[C@@H]1[C@H](OC)[C@H](OC)C[C@H]2C(=O)O[C@@H](C(=O)O)[C@H]12. The number of carboxylic acid groups (broad SMARTS) is 1. The third-order valence-electron chi connectivity index (χ3n) is 4.01. The molecule has 1 aliphatic carbocycles. The largest absolute Gasteiger partial charge is 0.478 e. The second-order valence-electron chi connectivity index (χ2n) is 4.79. The Bertz CT molecular complexity index is 369. The van der Waals surface area contributed by atoms with E-state index in [-0.39, 0.29) is 6.10 Å². The van der Waals surface area contributed by atoms with Crippen molar-refractivity contribution in [2.24, 2.45) is 11.8 Å². The maximum Gasteiger partial charge on any atom is 0.345 e. The second-order valence-corrected chi connectivity index (χ2v) is 4.79. The van der Waals surface area contributed by atoms with Crippen LogP contribution in [0.15, 0.2) is 0 Å². The molecule has 7 nitrogen and oxygen atoms in total. The Hall–Kier alpha value is -1.18. The van der Waals surface area contributed by atoms with Crippen LogP contribution >= 0.6 is 0 Å². The zero-order chi connectivity index (χ0) is 14.2. The summed E-state index contributed by atoms with van der Waals surface area (Å²) in [5.41, 5.74) is 0. The van der Waals surface area contributed by atoms with Crippen LogP contribution in [0.1, 0.15) is 6.42 Å². The van der Waals surface area contributed by atoms with Crippen molar-refractivity contribution in [3.63, 3.8) is 0 Å². The molecule has 1 saturated heterocycles. The summed E-state index contributed by atoms with van der Waals surface area (Å²) in [6, 6.07) is 0. The van der Waals surface area contributed by atoms with Crippen LogP contribution in [0.25, 0.3) is 0 Å². The fourth-order valence-electron chi connectivity index (χ4n) is 3.15. The molecule has 19 heavy (non-hydrogen) atoms. The standard InChI is InChI=1S/C12H18O7/c1-16-6-4-5-7(9(18-3)8(6)17-2)10(11(13)14)19-12(5)15/h5-10H,4H2,1-3H3,(H,13,14)/t5-,6-,7+,8-,9+,10-/m1/s1. The van der Waals surface area contributed by atoms with Gasteiger partial charge in [-0.25, -0.2) is 4.79 Å². The lowest BCUT2D eigenvalue weighted by atomic mass is 9.73. The fourth-order valence-corrected chi connectivity index (χ4v) is 3.15. The van der Waals surface area contributed by atoms with Crippen molar-refractivity contribution in [3.8, 4) is 0 Å². The van der Waals surface area contributed by atoms with E-state index in [1.54, 1.807) is 0 Å². The maximum atomic E-state index is 11.8. The third kappa shape index (κ3) is 2.22. The number of carbonyl (C=O) groups excluding carboxylic acids is 1. The van der Waals surface area contributed by atoms with Gasteiger partial charge >= 0.3 is 11.9 Å². The van der Waals surface area contributed by atoms with Gasteiger partial charge in [0.1, 0.15) is 6.10 Å². The molecule has 0 aromatic rings. The highest BCUT2D eigenvalue weighted by atomic mass is 16.6. The number of carboxylic acids is 1. The monoisotopic (exact) mass is 274 g/mol. The Kier molecular flexibility index (Phi) is 4.07. The van der Waals surface area contributed by atoms with Crippen molar-refractivity contribution in [2.45, 2.75) is 30.8 Å². The van der Waals surface area contributed by atoms with Gasteiger partial charge < -0.3 is 24.1 Å². The van der Waals surface area contributed by atoms with Crippen LogP contribution < -0.4 is 0 Å². The van der Waals surface area contributed by atoms with Crippen molar-refractivity contribution in [2.75, 3.05) is 21.3 Å². The van der Waals surface area contributed by atoms with Gasteiger partial charge in [-0.15, -0.1) is 0 Å². The Balaban J connectivity index is 2.33. The first-order valence-electron chi connectivity index (χ1n) is 6.06. The first-order valence-corrected chi connectivity index (χ1v) is 6.06. The lowest BCUT2D eigenvalue weighted by molar-refractivity contribution is -0.173. The average Bonchev–Trinajstić information content (AvgIpc) is 2.73. The molecule has 0 unspecified atom stereocenters. The van der Waals surface area contributed by atoms with Crippen molar-refractivity contribution < 1.29 is 33.6 Å². The van der Waals surface area contributed by atoms with Gasteiger partial charge in [-0.05, 0) is 6.42 Å². The Morgan fingerprint density at radius 2 is 1.84 bits per heavy atom. The predicted octanol–water partition coefficient (Wildman–Crippen LogP) is -0.322. The predicted molar refractivity (Wildman–Crippen MR) is 61.5 cm³/mol. The zero-order valence-electron chi connectivity index (χ0n) is 11.1. The van der Waals surface area contributed by atoms with Crippen molar-refractivity contribution in [1.29, 1.82) is 0 Å². The van der Waals surface area contributed by atoms with E-state index in [1.165, 1.54) is 21.3 Å². The van der Waals surface area contributed by atoms with Gasteiger partial charge in [-0.3, -0.25) is 4.79 Å². The minimum Gasteiger partial charge on any atom is -0.478 e. The highest BCUT2D eigenvalue weighted by Gasteiger charge is 2.59.